The predicted octanol–water partition coefficient (Wildman–Crippen LogP) is 2.94. The number of benzene rings is 2. The van der Waals surface area contributed by atoms with Crippen LogP contribution in [0, 0.1) is 0 Å². The molecule has 0 aliphatic carbocycles. The number of nitrogens with two attached hydrogens (primary N) is 1. The standard InChI is InChI=1S/C15H15Cl2N5/c16-13-5-1-11(2-6-13)9-19-21-15(18)22-20-10-12-3-7-14(17)8-4-12/h1-9,20H,10H2,(H3,18,21,22)/b19-9+. The second-order valence-electron chi connectivity index (χ2n) is 4.39. The van der Waals surface area contributed by atoms with Crippen molar-refractivity contribution in [1.82, 2.24) is 10.9 Å². The number of hydrogen-bond acceptors (Lipinski definition) is 3. The van der Waals surface area contributed by atoms with Gasteiger partial charge in [0, 0.05) is 16.6 Å². The van der Waals surface area contributed by atoms with Crippen LogP contribution in [0.1, 0.15) is 11.1 Å². The van der Waals surface area contributed by atoms with Gasteiger partial charge < -0.3 is 5.73 Å². The van der Waals surface area contributed by atoms with Crippen LogP contribution in [0.15, 0.2) is 58.7 Å². The zero-order valence-electron chi connectivity index (χ0n) is 11.6. The molecule has 0 radical (unpaired) electrons. The molecule has 0 saturated heterocycles. The molecule has 0 aliphatic heterocycles. The van der Waals surface area contributed by atoms with Gasteiger partial charge in [-0.25, -0.2) is 5.43 Å². The van der Waals surface area contributed by atoms with Gasteiger partial charge in [-0.15, -0.1) is 5.10 Å². The molecule has 2 aromatic carbocycles. The molecule has 0 spiro atoms. The van der Waals surface area contributed by atoms with Crippen LogP contribution >= 0.6 is 23.2 Å². The maximum Gasteiger partial charge on any atom is 0.228 e. The molecule has 0 aliphatic rings. The van der Waals surface area contributed by atoms with Crippen LogP contribution in [0.4, 0.5) is 0 Å². The molecular formula is C15H15Cl2N5. The highest BCUT2D eigenvalue weighted by atomic mass is 35.5. The van der Waals surface area contributed by atoms with Gasteiger partial charge in [-0.05, 0) is 35.4 Å². The summed E-state index contributed by atoms with van der Waals surface area (Å²) in [6.45, 7) is 0.578. The highest BCUT2D eigenvalue weighted by Gasteiger charge is 1.94. The van der Waals surface area contributed by atoms with E-state index < -0.39 is 0 Å². The molecule has 0 unspecified atom stereocenters. The number of rotatable bonds is 5. The predicted molar refractivity (Wildman–Crippen MR) is 92.1 cm³/mol. The largest absolute Gasteiger partial charge is 0.367 e. The lowest BCUT2D eigenvalue weighted by Crippen LogP contribution is -2.41. The van der Waals surface area contributed by atoms with Gasteiger partial charge in [0.25, 0.3) is 0 Å². The summed E-state index contributed by atoms with van der Waals surface area (Å²) in [6, 6.07) is 14.7. The molecule has 5 nitrogen and oxygen atoms in total. The summed E-state index contributed by atoms with van der Waals surface area (Å²) in [5.74, 6) is 0.166. The maximum atomic E-state index is 5.81. The molecule has 0 amide bonds. The van der Waals surface area contributed by atoms with Crippen molar-refractivity contribution in [1.29, 1.82) is 0 Å². The Morgan fingerprint density at radius 1 is 1.00 bits per heavy atom. The Labute approximate surface area is 138 Å². The van der Waals surface area contributed by atoms with Crippen molar-refractivity contribution >= 4 is 35.4 Å². The van der Waals surface area contributed by atoms with Gasteiger partial charge in [-0.2, -0.15) is 5.10 Å². The average Bonchev–Trinajstić information content (AvgIpc) is 2.51. The molecule has 0 bridgehead atoms. The monoisotopic (exact) mass is 335 g/mol. The topological polar surface area (TPSA) is 74.8 Å². The van der Waals surface area contributed by atoms with Crippen LogP contribution < -0.4 is 16.6 Å². The Morgan fingerprint density at radius 2 is 1.59 bits per heavy atom. The molecular weight excluding hydrogens is 321 g/mol. The van der Waals surface area contributed by atoms with Crippen molar-refractivity contribution in [3.05, 3.63) is 69.7 Å². The molecule has 2 rings (SSSR count). The first kappa shape index (κ1) is 16.3. The summed E-state index contributed by atoms with van der Waals surface area (Å²) in [4.78, 5) is 0. The molecule has 0 saturated carbocycles. The number of hydrogen-bond donors (Lipinski definition) is 3. The number of nitrogens with zero attached hydrogens (tertiary/aromatic N) is 2. The van der Waals surface area contributed by atoms with E-state index in [1.807, 2.05) is 36.4 Å². The first-order valence-corrected chi connectivity index (χ1v) is 7.24. The normalized spacial score (nSPS) is 11.8. The Bertz CT molecular complexity index is 651. The maximum absolute atomic E-state index is 5.81. The fourth-order valence-corrected chi connectivity index (χ4v) is 1.82. The van der Waals surface area contributed by atoms with Crippen molar-refractivity contribution in [3.63, 3.8) is 0 Å². The van der Waals surface area contributed by atoms with Crippen LogP contribution in [0.2, 0.25) is 10.0 Å². The van der Waals surface area contributed by atoms with Crippen LogP contribution in [-0.2, 0) is 6.54 Å². The molecule has 0 heterocycles. The first-order valence-electron chi connectivity index (χ1n) is 6.49. The summed E-state index contributed by atoms with van der Waals surface area (Å²) in [7, 11) is 0. The third-order valence-corrected chi connectivity index (χ3v) is 3.17. The second-order valence-corrected chi connectivity index (χ2v) is 5.26. The van der Waals surface area contributed by atoms with Gasteiger partial charge in [-0.3, -0.25) is 5.43 Å². The summed E-state index contributed by atoms with van der Waals surface area (Å²) < 4.78 is 0. The van der Waals surface area contributed by atoms with Crippen molar-refractivity contribution in [2.75, 3.05) is 0 Å². The quantitative estimate of drug-likeness (QED) is 0.446. The average molecular weight is 336 g/mol. The summed E-state index contributed by atoms with van der Waals surface area (Å²) >= 11 is 11.6. The minimum absolute atomic E-state index is 0.166. The van der Waals surface area contributed by atoms with Gasteiger partial charge in [0.05, 0.1) is 6.21 Å². The van der Waals surface area contributed by atoms with Crippen molar-refractivity contribution in [2.45, 2.75) is 6.54 Å². The number of hydrazine groups is 1. The Kier molecular flexibility index (Phi) is 6.21. The lowest BCUT2D eigenvalue weighted by atomic mass is 10.2. The van der Waals surface area contributed by atoms with E-state index in [1.54, 1.807) is 18.3 Å². The lowest BCUT2D eigenvalue weighted by molar-refractivity contribution is 0.647. The lowest BCUT2D eigenvalue weighted by Gasteiger charge is -2.06. The molecule has 4 N–H and O–H groups in total. The summed E-state index contributed by atoms with van der Waals surface area (Å²) in [5.41, 5.74) is 13.3. The first-order chi connectivity index (χ1) is 10.6. The van der Waals surface area contributed by atoms with E-state index in [1.165, 1.54) is 0 Å². The molecule has 22 heavy (non-hydrogen) atoms. The SMILES string of the molecule is NC(=N/N=C/c1ccc(Cl)cc1)NNCc1ccc(Cl)cc1. The van der Waals surface area contributed by atoms with Gasteiger partial charge in [0.15, 0.2) is 0 Å². The van der Waals surface area contributed by atoms with Gasteiger partial charge in [0.1, 0.15) is 0 Å². The fraction of sp³-hybridized carbons (Fsp3) is 0.0667. The number of guanidine groups is 1. The van der Waals surface area contributed by atoms with Crippen LogP contribution in [0.5, 0.6) is 0 Å². The van der Waals surface area contributed by atoms with E-state index in [0.717, 1.165) is 11.1 Å². The summed E-state index contributed by atoms with van der Waals surface area (Å²) in [6.07, 6.45) is 1.59. The molecule has 0 atom stereocenters. The van der Waals surface area contributed by atoms with Crippen LogP contribution in [0.3, 0.4) is 0 Å². The van der Waals surface area contributed by atoms with Gasteiger partial charge in [-0.1, -0.05) is 47.5 Å². The summed E-state index contributed by atoms with van der Waals surface area (Å²) in [5, 5.41) is 9.08. The Morgan fingerprint density at radius 3 is 2.23 bits per heavy atom. The van der Waals surface area contributed by atoms with E-state index in [9.17, 15) is 0 Å². The molecule has 114 valence electrons. The molecule has 2 aromatic rings. The third-order valence-electron chi connectivity index (χ3n) is 2.66. The van der Waals surface area contributed by atoms with Crippen LogP contribution in [0.25, 0.3) is 0 Å². The van der Waals surface area contributed by atoms with Crippen molar-refractivity contribution in [2.24, 2.45) is 15.9 Å². The number of nitrogens with one attached hydrogen (secondary N) is 2. The Hall–Kier alpha value is -2.08. The second kappa shape index (κ2) is 8.38. The minimum Gasteiger partial charge on any atom is -0.367 e. The zero-order chi connectivity index (χ0) is 15.8. The van der Waals surface area contributed by atoms with Crippen molar-refractivity contribution < 1.29 is 0 Å². The van der Waals surface area contributed by atoms with E-state index >= 15 is 0 Å². The van der Waals surface area contributed by atoms with Crippen LogP contribution in [-0.4, -0.2) is 12.2 Å². The van der Waals surface area contributed by atoms with E-state index in [4.69, 9.17) is 28.9 Å². The van der Waals surface area contributed by atoms with E-state index in [2.05, 4.69) is 21.1 Å². The number of halogens is 2. The smallest absolute Gasteiger partial charge is 0.228 e. The third kappa shape index (κ3) is 5.73. The van der Waals surface area contributed by atoms with Gasteiger partial charge in [0.2, 0.25) is 5.96 Å². The molecule has 0 aromatic heterocycles. The highest BCUT2D eigenvalue weighted by Crippen LogP contribution is 2.09. The van der Waals surface area contributed by atoms with Crippen molar-refractivity contribution in [3.8, 4) is 0 Å². The van der Waals surface area contributed by atoms with E-state index in [-0.39, 0.29) is 5.96 Å². The zero-order valence-corrected chi connectivity index (χ0v) is 13.1. The molecule has 0 fully saturated rings. The molecule has 7 heteroatoms. The fourth-order valence-electron chi connectivity index (χ4n) is 1.57. The minimum atomic E-state index is 0.166. The Balaban J connectivity index is 1.77. The van der Waals surface area contributed by atoms with E-state index in [0.29, 0.717) is 16.6 Å². The van der Waals surface area contributed by atoms with Gasteiger partial charge >= 0.3 is 0 Å². The highest BCUT2D eigenvalue weighted by molar-refractivity contribution is 6.30.